The van der Waals surface area contributed by atoms with Crippen LogP contribution in [0.2, 0.25) is 0 Å². The molecule has 0 aliphatic carbocycles. The molecule has 0 aromatic heterocycles. The number of amides is 3. The molecule has 0 spiro atoms. The van der Waals surface area contributed by atoms with Gasteiger partial charge in [0.1, 0.15) is 0 Å². The van der Waals surface area contributed by atoms with E-state index in [2.05, 4.69) is 10.6 Å². The smallest absolute Gasteiger partial charge is 0.409 e. The molecule has 7 heteroatoms. The van der Waals surface area contributed by atoms with E-state index in [1.54, 1.807) is 18.7 Å². The normalized spacial score (nSPS) is 26.4. The van der Waals surface area contributed by atoms with Gasteiger partial charge in [-0.1, -0.05) is 0 Å². The zero-order valence-corrected chi connectivity index (χ0v) is 12.6. The van der Waals surface area contributed by atoms with Crippen molar-refractivity contribution in [1.29, 1.82) is 0 Å². The highest BCUT2D eigenvalue weighted by Gasteiger charge is 2.41. The van der Waals surface area contributed by atoms with Crippen LogP contribution in [0.25, 0.3) is 0 Å². The van der Waals surface area contributed by atoms with Gasteiger partial charge >= 0.3 is 6.09 Å². The van der Waals surface area contributed by atoms with Crippen LogP contribution in [0, 0.1) is 5.41 Å². The number of nitrogens with one attached hydrogen (secondary N) is 2. The Morgan fingerprint density at radius 3 is 2.62 bits per heavy atom. The van der Waals surface area contributed by atoms with E-state index < -0.39 is 5.41 Å². The maximum atomic E-state index is 12.3. The van der Waals surface area contributed by atoms with Crippen LogP contribution in [0.1, 0.15) is 33.1 Å². The Balaban J connectivity index is 1.79. The van der Waals surface area contributed by atoms with Crippen molar-refractivity contribution in [3.63, 3.8) is 0 Å². The van der Waals surface area contributed by atoms with E-state index in [-0.39, 0.29) is 30.4 Å². The molecule has 2 heterocycles. The molecule has 0 saturated carbocycles. The predicted octanol–water partition coefficient (Wildman–Crippen LogP) is 0.250. The number of hydrogen-bond acceptors (Lipinski definition) is 4. The van der Waals surface area contributed by atoms with Gasteiger partial charge in [0.05, 0.1) is 12.0 Å². The maximum Gasteiger partial charge on any atom is 0.409 e. The number of hydrogen-bond donors (Lipinski definition) is 2. The van der Waals surface area contributed by atoms with E-state index >= 15 is 0 Å². The summed E-state index contributed by atoms with van der Waals surface area (Å²) in [7, 11) is 0. The molecule has 2 aliphatic rings. The number of nitrogens with zero attached hydrogens (tertiary/aromatic N) is 1. The molecule has 1 atom stereocenters. The summed E-state index contributed by atoms with van der Waals surface area (Å²) in [4.78, 5) is 36.8. The van der Waals surface area contributed by atoms with Gasteiger partial charge in [0.15, 0.2) is 0 Å². The summed E-state index contributed by atoms with van der Waals surface area (Å²) in [5.74, 6) is -0.166. The van der Waals surface area contributed by atoms with Crippen LogP contribution in [0.15, 0.2) is 0 Å². The molecule has 118 valence electrons. The zero-order valence-electron chi connectivity index (χ0n) is 12.6. The Morgan fingerprint density at radius 2 is 2.10 bits per heavy atom. The van der Waals surface area contributed by atoms with Crippen molar-refractivity contribution >= 4 is 17.9 Å². The first-order chi connectivity index (χ1) is 9.94. The topological polar surface area (TPSA) is 87.7 Å². The molecule has 3 amide bonds. The average molecular weight is 297 g/mol. The SMILES string of the molecule is CCOC(=O)N1CCC(NC(=O)C2(C)CNC(=O)C2)CC1. The lowest BCUT2D eigenvalue weighted by Crippen LogP contribution is -2.50. The second-order valence-electron chi connectivity index (χ2n) is 5.95. The molecule has 0 bridgehead atoms. The fourth-order valence-electron chi connectivity index (χ4n) is 2.71. The first-order valence-corrected chi connectivity index (χ1v) is 7.44. The molecule has 0 aromatic rings. The third-order valence-electron chi connectivity index (χ3n) is 4.13. The molecule has 7 nitrogen and oxygen atoms in total. The Morgan fingerprint density at radius 1 is 1.43 bits per heavy atom. The van der Waals surface area contributed by atoms with Gasteiger partial charge in [-0.25, -0.2) is 4.79 Å². The second kappa shape index (κ2) is 6.32. The zero-order chi connectivity index (χ0) is 15.5. The number of carbonyl (C=O) groups is 3. The highest BCUT2D eigenvalue weighted by atomic mass is 16.6. The lowest BCUT2D eigenvalue weighted by Gasteiger charge is -2.33. The lowest BCUT2D eigenvalue weighted by atomic mass is 9.88. The standard InChI is InChI=1S/C14H23N3O4/c1-3-21-13(20)17-6-4-10(5-7-17)16-12(19)14(2)8-11(18)15-9-14/h10H,3-9H2,1-2H3,(H,15,18)(H,16,19). The van der Waals surface area contributed by atoms with Crippen molar-refractivity contribution in [2.24, 2.45) is 5.41 Å². The Kier molecular flexibility index (Phi) is 4.69. The summed E-state index contributed by atoms with van der Waals surface area (Å²) in [6.45, 7) is 5.50. The first-order valence-electron chi connectivity index (χ1n) is 7.44. The van der Waals surface area contributed by atoms with Crippen molar-refractivity contribution in [1.82, 2.24) is 15.5 Å². The molecule has 0 aromatic carbocycles. The van der Waals surface area contributed by atoms with E-state index in [1.807, 2.05) is 0 Å². The molecule has 2 N–H and O–H groups in total. The Bertz CT molecular complexity index is 432. The van der Waals surface area contributed by atoms with Crippen molar-refractivity contribution in [2.75, 3.05) is 26.2 Å². The van der Waals surface area contributed by atoms with Crippen LogP contribution in [-0.4, -0.2) is 55.1 Å². The Hall–Kier alpha value is -1.79. The fourth-order valence-corrected chi connectivity index (χ4v) is 2.71. The third kappa shape index (κ3) is 3.65. The van der Waals surface area contributed by atoms with Crippen LogP contribution in [0.3, 0.4) is 0 Å². The van der Waals surface area contributed by atoms with E-state index in [9.17, 15) is 14.4 Å². The van der Waals surface area contributed by atoms with Crippen molar-refractivity contribution in [3.05, 3.63) is 0 Å². The number of piperidine rings is 1. The van der Waals surface area contributed by atoms with Gasteiger partial charge in [0.2, 0.25) is 11.8 Å². The minimum atomic E-state index is -0.657. The molecule has 2 aliphatic heterocycles. The van der Waals surface area contributed by atoms with Crippen molar-refractivity contribution in [3.8, 4) is 0 Å². The summed E-state index contributed by atoms with van der Waals surface area (Å²) in [6, 6.07) is 0.0516. The van der Waals surface area contributed by atoms with Crippen molar-refractivity contribution in [2.45, 2.75) is 39.2 Å². The number of ether oxygens (including phenoxy) is 1. The molecular weight excluding hydrogens is 274 g/mol. The number of likely N-dealkylation sites (tertiary alicyclic amines) is 1. The first kappa shape index (κ1) is 15.6. The van der Waals surface area contributed by atoms with E-state index in [0.29, 0.717) is 39.1 Å². The van der Waals surface area contributed by atoms with Crippen LogP contribution in [0.4, 0.5) is 4.79 Å². The second-order valence-corrected chi connectivity index (χ2v) is 5.95. The predicted molar refractivity (Wildman–Crippen MR) is 75.5 cm³/mol. The van der Waals surface area contributed by atoms with E-state index in [0.717, 1.165) is 0 Å². The molecular formula is C14H23N3O4. The van der Waals surface area contributed by atoms with Gasteiger partial charge in [-0.15, -0.1) is 0 Å². The van der Waals surface area contributed by atoms with Crippen molar-refractivity contribution < 1.29 is 19.1 Å². The van der Waals surface area contributed by atoms with Crippen LogP contribution in [-0.2, 0) is 14.3 Å². The molecule has 2 saturated heterocycles. The molecule has 0 radical (unpaired) electrons. The monoisotopic (exact) mass is 297 g/mol. The molecule has 2 fully saturated rings. The highest BCUT2D eigenvalue weighted by Crippen LogP contribution is 2.26. The van der Waals surface area contributed by atoms with Crippen LogP contribution in [0.5, 0.6) is 0 Å². The average Bonchev–Trinajstić information content (AvgIpc) is 2.81. The molecule has 1 unspecified atom stereocenters. The van der Waals surface area contributed by atoms with Gasteiger partial charge < -0.3 is 20.3 Å². The third-order valence-corrected chi connectivity index (χ3v) is 4.13. The van der Waals surface area contributed by atoms with Gasteiger partial charge in [0.25, 0.3) is 0 Å². The minimum Gasteiger partial charge on any atom is -0.450 e. The van der Waals surface area contributed by atoms with E-state index in [4.69, 9.17) is 4.74 Å². The fraction of sp³-hybridized carbons (Fsp3) is 0.786. The maximum absolute atomic E-state index is 12.3. The van der Waals surface area contributed by atoms with E-state index in [1.165, 1.54) is 0 Å². The molecule has 21 heavy (non-hydrogen) atoms. The Labute approximate surface area is 124 Å². The van der Waals surface area contributed by atoms with Gasteiger partial charge in [-0.2, -0.15) is 0 Å². The summed E-state index contributed by atoms with van der Waals surface area (Å²) < 4.78 is 4.96. The number of carbonyl (C=O) groups excluding carboxylic acids is 3. The summed E-state index contributed by atoms with van der Waals surface area (Å²) >= 11 is 0. The van der Waals surface area contributed by atoms with Gasteiger partial charge in [-0.3, -0.25) is 9.59 Å². The lowest BCUT2D eigenvalue weighted by molar-refractivity contribution is -0.132. The molecule has 2 rings (SSSR count). The van der Waals surface area contributed by atoms with Crippen LogP contribution >= 0.6 is 0 Å². The largest absolute Gasteiger partial charge is 0.450 e. The summed E-state index contributed by atoms with van der Waals surface area (Å²) in [5, 5.41) is 5.70. The summed E-state index contributed by atoms with van der Waals surface area (Å²) in [5.41, 5.74) is -0.657. The minimum absolute atomic E-state index is 0.0516. The number of rotatable bonds is 3. The van der Waals surface area contributed by atoms with Gasteiger partial charge in [0, 0.05) is 32.1 Å². The van der Waals surface area contributed by atoms with Gasteiger partial charge in [-0.05, 0) is 26.7 Å². The highest BCUT2D eigenvalue weighted by molar-refractivity contribution is 5.92. The summed E-state index contributed by atoms with van der Waals surface area (Å²) in [6.07, 6.45) is 1.37. The van der Waals surface area contributed by atoms with Crippen LogP contribution < -0.4 is 10.6 Å². The quantitative estimate of drug-likeness (QED) is 0.781.